The molecule has 0 amide bonds. The molecule has 0 bridgehead atoms. The number of phenols is 2. The molecule has 1 aromatic rings. The fraction of sp³-hybridized carbons (Fsp3) is 0.100. The Labute approximate surface area is 76.2 Å². The normalized spacial score (nSPS) is 10.1. The van der Waals surface area contributed by atoms with Crippen molar-refractivity contribution in [3.63, 3.8) is 0 Å². The van der Waals surface area contributed by atoms with E-state index in [-0.39, 0.29) is 11.5 Å². The summed E-state index contributed by atoms with van der Waals surface area (Å²) >= 11 is 0. The Morgan fingerprint density at radius 1 is 1.38 bits per heavy atom. The zero-order valence-corrected chi connectivity index (χ0v) is 6.94. The lowest BCUT2D eigenvalue weighted by Gasteiger charge is -1.98. The molecule has 0 aliphatic rings. The Balaban J connectivity index is 2.85. The second-order valence-electron chi connectivity index (χ2n) is 2.51. The molecule has 0 aliphatic heterocycles. The van der Waals surface area contributed by atoms with Gasteiger partial charge in [-0.1, -0.05) is 12.2 Å². The SMILES string of the molecule is N#CCC=Cc1ccc(O)cc1O. The van der Waals surface area contributed by atoms with Crippen LogP contribution in [-0.4, -0.2) is 10.2 Å². The predicted octanol–water partition coefficient (Wildman–Crippen LogP) is 2.02. The van der Waals surface area contributed by atoms with E-state index in [0.717, 1.165) is 0 Å². The average molecular weight is 175 g/mol. The van der Waals surface area contributed by atoms with Gasteiger partial charge in [0.2, 0.25) is 0 Å². The Bertz CT molecular complexity index is 364. The van der Waals surface area contributed by atoms with E-state index < -0.39 is 0 Å². The first kappa shape index (κ1) is 9.14. The molecule has 0 radical (unpaired) electrons. The molecule has 0 saturated carbocycles. The second-order valence-corrected chi connectivity index (χ2v) is 2.51. The maximum Gasteiger partial charge on any atom is 0.126 e. The molecule has 13 heavy (non-hydrogen) atoms. The summed E-state index contributed by atoms with van der Waals surface area (Å²) in [5, 5.41) is 26.5. The summed E-state index contributed by atoms with van der Waals surface area (Å²) in [4.78, 5) is 0. The van der Waals surface area contributed by atoms with Gasteiger partial charge in [0.05, 0.1) is 12.5 Å². The number of rotatable bonds is 2. The molecule has 3 nitrogen and oxygen atoms in total. The van der Waals surface area contributed by atoms with Crippen molar-refractivity contribution >= 4 is 6.08 Å². The molecule has 66 valence electrons. The van der Waals surface area contributed by atoms with Gasteiger partial charge in [-0.05, 0) is 12.1 Å². The van der Waals surface area contributed by atoms with Gasteiger partial charge in [-0.2, -0.15) is 5.26 Å². The van der Waals surface area contributed by atoms with Crippen LogP contribution in [0, 0.1) is 11.3 Å². The molecule has 1 aromatic carbocycles. The highest BCUT2D eigenvalue weighted by atomic mass is 16.3. The lowest BCUT2D eigenvalue weighted by Crippen LogP contribution is -1.73. The lowest BCUT2D eigenvalue weighted by atomic mass is 10.1. The van der Waals surface area contributed by atoms with Gasteiger partial charge in [0.1, 0.15) is 11.5 Å². The van der Waals surface area contributed by atoms with Crippen molar-refractivity contribution in [3.8, 4) is 17.6 Å². The van der Waals surface area contributed by atoms with Gasteiger partial charge in [-0.25, -0.2) is 0 Å². The number of allylic oxidation sites excluding steroid dienone is 1. The highest BCUT2D eigenvalue weighted by molar-refractivity contribution is 5.58. The van der Waals surface area contributed by atoms with Crippen molar-refractivity contribution < 1.29 is 10.2 Å². The van der Waals surface area contributed by atoms with Crippen molar-refractivity contribution in [2.75, 3.05) is 0 Å². The van der Waals surface area contributed by atoms with Gasteiger partial charge in [-0.3, -0.25) is 0 Å². The van der Waals surface area contributed by atoms with Crippen LogP contribution in [0.4, 0.5) is 0 Å². The van der Waals surface area contributed by atoms with E-state index in [0.29, 0.717) is 12.0 Å². The number of phenolic OH excluding ortho intramolecular Hbond substituents is 2. The average Bonchev–Trinajstić information content (AvgIpc) is 2.09. The van der Waals surface area contributed by atoms with Crippen molar-refractivity contribution in [3.05, 3.63) is 29.8 Å². The predicted molar refractivity (Wildman–Crippen MR) is 49.0 cm³/mol. The maximum atomic E-state index is 9.30. The topological polar surface area (TPSA) is 64.2 Å². The zero-order chi connectivity index (χ0) is 9.68. The van der Waals surface area contributed by atoms with Crippen LogP contribution in [0.3, 0.4) is 0 Å². The van der Waals surface area contributed by atoms with Crippen molar-refractivity contribution in [2.45, 2.75) is 6.42 Å². The molecule has 0 spiro atoms. The van der Waals surface area contributed by atoms with Gasteiger partial charge in [0.25, 0.3) is 0 Å². The summed E-state index contributed by atoms with van der Waals surface area (Å²) in [6.45, 7) is 0. The first-order chi connectivity index (χ1) is 6.24. The summed E-state index contributed by atoms with van der Waals surface area (Å²) in [6.07, 6.45) is 3.59. The van der Waals surface area contributed by atoms with E-state index in [1.54, 1.807) is 18.2 Å². The Morgan fingerprint density at radius 2 is 2.15 bits per heavy atom. The smallest absolute Gasteiger partial charge is 0.126 e. The highest BCUT2D eigenvalue weighted by Crippen LogP contribution is 2.23. The summed E-state index contributed by atoms with van der Waals surface area (Å²) < 4.78 is 0. The van der Waals surface area contributed by atoms with Crippen LogP contribution in [-0.2, 0) is 0 Å². The number of benzene rings is 1. The van der Waals surface area contributed by atoms with Gasteiger partial charge in [0, 0.05) is 11.6 Å². The third kappa shape index (κ3) is 2.53. The molecule has 0 atom stereocenters. The molecule has 0 aliphatic carbocycles. The highest BCUT2D eigenvalue weighted by Gasteiger charge is 1.97. The van der Waals surface area contributed by atoms with Crippen LogP contribution in [0.2, 0.25) is 0 Å². The Morgan fingerprint density at radius 3 is 2.77 bits per heavy atom. The molecule has 2 N–H and O–H groups in total. The second kappa shape index (κ2) is 4.17. The molecule has 0 aromatic heterocycles. The number of hydrogen-bond donors (Lipinski definition) is 2. The quantitative estimate of drug-likeness (QED) is 0.722. The summed E-state index contributed by atoms with van der Waals surface area (Å²) in [5.41, 5.74) is 0.591. The van der Waals surface area contributed by atoms with Gasteiger partial charge in [0.15, 0.2) is 0 Å². The molecule has 0 unspecified atom stereocenters. The van der Waals surface area contributed by atoms with Crippen LogP contribution in [0.5, 0.6) is 11.5 Å². The van der Waals surface area contributed by atoms with E-state index in [2.05, 4.69) is 0 Å². The third-order valence-electron chi connectivity index (χ3n) is 1.52. The molecule has 3 heteroatoms. The fourth-order valence-corrected chi connectivity index (χ4v) is 0.912. The monoisotopic (exact) mass is 175 g/mol. The molecular weight excluding hydrogens is 166 g/mol. The van der Waals surface area contributed by atoms with Gasteiger partial charge in [-0.15, -0.1) is 0 Å². The van der Waals surface area contributed by atoms with Crippen LogP contribution in [0.25, 0.3) is 6.08 Å². The zero-order valence-electron chi connectivity index (χ0n) is 6.94. The first-order valence-corrected chi connectivity index (χ1v) is 3.79. The maximum absolute atomic E-state index is 9.30. The van der Waals surface area contributed by atoms with E-state index in [1.165, 1.54) is 12.1 Å². The van der Waals surface area contributed by atoms with Gasteiger partial charge < -0.3 is 10.2 Å². The Kier molecular flexibility index (Phi) is 2.93. The molecule has 0 saturated heterocycles. The minimum atomic E-state index is 0.00851. The lowest BCUT2D eigenvalue weighted by molar-refractivity contribution is 0.450. The third-order valence-corrected chi connectivity index (χ3v) is 1.52. The van der Waals surface area contributed by atoms with Crippen LogP contribution < -0.4 is 0 Å². The van der Waals surface area contributed by atoms with Crippen molar-refractivity contribution in [2.24, 2.45) is 0 Å². The molecule has 0 heterocycles. The summed E-state index contributed by atoms with van der Waals surface area (Å²) in [5.74, 6) is 0.0316. The van der Waals surface area contributed by atoms with Crippen LogP contribution in [0.1, 0.15) is 12.0 Å². The first-order valence-electron chi connectivity index (χ1n) is 3.79. The van der Waals surface area contributed by atoms with Crippen molar-refractivity contribution in [1.29, 1.82) is 5.26 Å². The number of hydrogen-bond acceptors (Lipinski definition) is 3. The minimum absolute atomic E-state index is 0.00851. The number of aromatic hydroxyl groups is 2. The number of nitrogens with zero attached hydrogens (tertiary/aromatic N) is 1. The van der Waals surface area contributed by atoms with E-state index in [4.69, 9.17) is 10.4 Å². The largest absolute Gasteiger partial charge is 0.508 e. The Hall–Kier alpha value is -1.95. The number of nitriles is 1. The van der Waals surface area contributed by atoms with Crippen LogP contribution >= 0.6 is 0 Å². The molecule has 1 rings (SSSR count). The summed E-state index contributed by atoms with van der Waals surface area (Å²) in [7, 11) is 0. The molecule has 0 fully saturated rings. The van der Waals surface area contributed by atoms with E-state index in [1.807, 2.05) is 6.07 Å². The van der Waals surface area contributed by atoms with Crippen molar-refractivity contribution in [1.82, 2.24) is 0 Å². The summed E-state index contributed by atoms with van der Waals surface area (Å²) in [6, 6.07) is 6.27. The standard InChI is InChI=1S/C10H9NO2/c11-6-2-1-3-8-4-5-9(12)7-10(8)13/h1,3-5,7,12-13H,2H2. The van der Waals surface area contributed by atoms with Gasteiger partial charge >= 0.3 is 0 Å². The van der Waals surface area contributed by atoms with E-state index in [9.17, 15) is 5.11 Å². The minimum Gasteiger partial charge on any atom is -0.508 e. The molecular formula is C10H9NO2. The van der Waals surface area contributed by atoms with E-state index >= 15 is 0 Å². The van der Waals surface area contributed by atoms with Crippen LogP contribution in [0.15, 0.2) is 24.3 Å². The fourth-order valence-electron chi connectivity index (χ4n) is 0.912.